The Morgan fingerprint density at radius 1 is 0.667 bits per heavy atom. The summed E-state index contributed by atoms with van der Waals surface area (Å²) in [4.78, 5) is 0. The second-order valence-corrected chi connectivity index (χ2v) is 8.45. The number of rotatable bonds is 2. The fraction of sp³-hybridized carbons (Fsp3) is 0.500. The van der Waals surface area contributed by atoms with Crippen molar-refractivity contribution in [2.45, 2.75) is 76.3 Å². The molecule has 27 heavy (non-hydrogen) atoms. The van der Waals surface area contributed by atoms with E-state index in [1.54, 1.807) is 0 Å². The molecule has 0 aromatic heterocycles. The maximum atomic E-state index is 5.63. The minimum atomic E-state index is 0.536. The van der Waals surface area contributed by atoms with Gasteiger partial charge < -0.3 is 11.1 Å². The molecule has 2 aliphatic rings. The molecule has 2 aromatic carbocycles. The number of para-hydroxylation sites is 1. The molecule has 2 nitrogen and oxygen atoms in total. The third kappa shape index (κ3) is 10.6. The Morgan fingerprint density at radius 2 is 1.15 bits per heavy atom. The zero-order chi connectivity index (χ0) is 19.2. The molecule has 0 spiro atoms. The normalized spacial score (nSPS) is 17.7. The van der Waals surface area contributed by atoms with E-state index in [1.807, 2.05) is 30.3 Å². The van der Waals surface area contributed by atoms with Gasteiger partial charge in [-0.3, -0.25) is 0 Å². The van der Waals surface area contributed by atoms with Crippen LogP contribution in [0.15, 0.2) is 65.1 Å². The lowest BCUT2D eigenvalue weighted by molar-refractivity contribution is 0.441. The minimum Gasteiger partial charge on any atom is -0.382 e. The first-order chi connectivity index (χ1) is 13.2. The first-order valence-corrected chi connectivity index (χ1v) is 11.3. The summed E-state index contributed by atoms with van der Waals surface area (Å²) in [5.74, 6) is 0. The van der Waals surface area contributed by atoms with Gasteiger partial charge in [0.15, 0.2) is 0 Å². The van der Waals surface area contributed by atoms with Crippen LogP contribution in [0, 0.1) is 0 Å². The van der Waals surface area contributed by atoms with Gasteiger partial charge in [-0.25, -0.2) is 0 Å². The summed E-state index contributed by atoms with van der Waals surface area (Å²) in [6, 6.07) is 21.8. The molecule has 0 unspecified atom stereocenters. The zero-order valence-electron chi connectivity index (χ0n) is 16.5. The van der Waals surface area contributed by atoms with Gasteiger partial charge in [0, 0.05) is 22.2 Å². The lowest BCUT2D eigenvalue weighted by atomic mass is 9.95. The predicted octanol–water partition coefficient (Wildman–Crippen LogP) is 7.16. The van der Waals surface area contributed by atoms with Gasteiger partial charge in [-0.05, 0) is 49.9 Å². The minimum absolute atomic E-state index is 0.536. The Bertz CT molecular complexity index is 576. The van der Waals surface area contributed by atoms with Gasteiger partial charge in [0.25, 0.3) is 0 Å². The molecule has 2 saturated carbocycles. The van der Waals surface area contributed by atoms with Crippen LogP contribution in [0.2, 0.25) is 0 Å². The highest BCUT2D eigenvalue weighted by atomic mass is 79.9. The number of hydrogen-bond acceptors (Lipinski definition) is 2. The van der Waals surface area contributed by atoms with Crippen molar-refractivity contribution >= 4 is 21.6 Å². The van der Waals surface area contributed by atoms with Gasteiger partial charge in [-0.15, -0.1) is 0 Å². The van der Waals surface area contributed by atoms with Gasteiger partial charge in [-0.1, -0.05) is 90.9 Å². The van der Waals surface area contributed by atoms with Crippen LogP contribution in [0.4, 0.5) is 5.69 Å². The van der Waals surface area contributed by atoms with Gasteiger partial charge in [0.2, 0.25) is 0 Å². The van der Waals surface area contributed by atoms with Crippen LogP contribution in [0.5, 0.6) is 0 Å². The van der Waals surface area contributed by atoms with Crippen LogP contribution in [0.25, 0.3) is 0 Å². The molecular weight excluding hydrogens is 396 g/mol. The van der Waals surface area contributed by atoms with Crippen molar-refractivity contribution < 1.29 is 0 Å². The molecule has 0 amide bonds. The first-order valence-electron chi connectivity index (χ1n) is 10.5. The van der Waals surface area contributed by atoms with Gasteiger partial charge in [0.05, 0.1) is 0 Å². The number of benzene rings is 2. The topological polar surface area (TPSA) is 38.0 Å². The highest BCUT2D eigenvalue weighted by Crippen LogP contribution is 2.21. The molecule has 4 rings (SSSR count). The van der Waals surface area contributed by atoms with Crippen LogP contribution in [0.1, 0.15) is 64.2 Å². The molecule has 0 bridgehead atoms. The summed E-state index contributed by atoms with van der Waals surface area (Å²) in [5.41, 5.74) is 6.91. The fourth-order valence-electron chi connectivity index (χ4n) is 3.57. The molecule has 0 radical (unpaired) electrons. The number of nitrogens with two attached hydrogens (primary N) is 1. The lowest BCUT2D eigenvalue weighted by Gasteiger charge is -2.23. The van der Waals surface area contributed by atoms with E-state index in [-0.39, 0.29) is 0 Å². The predicted molar refractivity (Wildman–Crippen MR) is 122 cm³/mol. The van der Waals surface area contributed by atoms with E-state index in [0.717, 1.165) is 10.5 Å². The van der Waals surface area contributed by atoms with Crippen molar-refractivity contribution in [3.63, 3.8) is 0 Å². The summed E-state index contributed by atoms with van der Waals surface area (Å²) >= 11 is 3.31. The van der Waals surface area contributed by atoms with Gasteiger partial charge >= 0.3 is 0 Å². The monoisotopic (exact) mass is 430 g/mol. The average Bonchev–Trinajstić information content (AvgIpc) is 2.72. The largest absolute Gasteiger partial charge is 0.382 e. The quantitative estimate of drug-likeness (QED) is 0.530. The van der Waals surface area contributed by atoms with E-state index < -0.39 is 0 Å². The number of halogens is 1. The molecule has 2 aromatic rings. The molecule has 0 atom stereocenters. The molecule has 0 heterocycles. The summed E-state index contributed by atoms with van der Waals surface area (Å²) in [7, 11) is 0. The van der Waals surface area contributed by atoms with Crippen LogP contribution in [-0.2, 0) is 0 Å². The molecule has 0 saturated heterocycles. The zero-order valence-corrected chi connectivity index (χ0v) is 18.0. The molecule has 2 fully saturated rings. The average molecular weight is 431 g/mol. The first kappa shape index (κ1) is 22.0. The Labute approximate surface area is 174 Å². The number of anilines is 1. The van der Waals surface area contributed by atoms with E-state index in [2.05, 4.69) is 51.6 Å². The third-order valence-electron chi connectivity index (χ3n) is 5.13. The lowest BCUT2D eigenvalue weighted by Crippen LogP contribution is -2.22. The van der Waals surface area contributed by atoms with Gasteiger partial charge in [0.1, 0.15) is 0 Å². The Morgan fingerprint density at radius 3 is 1.56 bits per heavy atom. The number of nitrogens with one attached hydrogen (secondary N) is 1. The van der Waals surface area contributed by atoms with Crippen molar-refractivity contribution in [2.24, 2.45) is 5.73 Å². The van der Waals surface area contributed by atoms with E-state index in [0.29, 0.717) is 6.04 Å². The Balaban J connectivity index is 0.000000159. The summed E-state index contributed by atoms with van der Waals surface area (Å²) < 4.78 is 1.13. The second kappa shape index (κ2) is 13.8. The SMILES string of the molecule is Brc1ccccc1.NC1CCCCC1.c1ccc(NC2CCCCC2)cc1. The van der Waals surface area contributed by atoms with E-state index in [1.165, 1.54) is 69.9 Å². The highest BCUT2D eigenvalue weighted by molar-refractivity contribution is 9.10. The van der Waals surface area contributed by atoms with Crippen LogP contribution >= 0.6 is 15.9 Å². The van der Waals surface area contributed by atoms with Crippen molar-refractivity contribution in [1.29, 1.82) is 0 Å². The van der Waals surface area contributed by atoms with E-state index in [4.69, 9.17) is 5.73 Å². The van der Waals surface area contributed by atoms with Gasteiger partial charge in [-0.2, -0.15) is 0 Å². The third-order valence-corrected chi connectivity index (χ3v) is 5.66. The smallest absolute Gasteiger partial charge is 0.0342 e. The maximum absolute atomic E-state index is 5.63. The Kier molecular flexibility index (Phi) is 11.2. The molecule has 0 aliphatic heterocycles. The molecule has 3 heteroatoms. The van der Waals surface area contributed by atoms with Crippen molar-refractivity contribution in [1.82, 2.24) is 0 Å². The molecule has 2 aliphatic carbocycles. The molecular formula is C24H35BrN2. The van der Waals surface area contributed by atoms with Crippen molar-refractivity contribution in [2.75, 3.05) is 5.32 Å². The molecule has 3 N–H and O–H groups in total. The standard InChI is InChI=1S/C12H17N.C6H5Br.C6H13N/c1-3-7-11(8-4-1)13-12-9-5-2-6-10-12;2*7-6-4-2-1-3-5-6/h1,3-4,7-8,12-13H,2,5-6,9-10H2;1-5H;6H,1-5,7H2. The van der Waals surface area contributed by atoms with Crippen molar-refractivity contribution in [3.05, 3.63) is 65.1 Å². The van der Waals surface area contributed by atoms with Crippen LogP contribution < -0.4 is 11.1 Å². The van der Waals surface area contributed by atoms with Crippen molar-refractivity contribution in [3.8, 4) is 0 Å². The summed E-state index contributed by atoms with van der Waals surface area (Å²) in [5, 5.41) is 3.58. The highest BCUT2D eigenvalue weighted by Gasteiger charge is 2.12. The summed E-state index contributed by atoms with van der Waals surface area (Å²) in [6.45, 7) is 0. The Hall–Kier alpha value is -1.32. The van der Waals surface area contributed by atoms with E-state index in [9.17, 15) is 0 Å². The van der Waals surface area contributed by atoms with E-state index >= 15 is 0 Å². The summed E-state index contributed by atoms with van der Waals surface area (Å²) in [6.07, 6.45) is 13.6. The fourth-order valence-corrected chi connectivity index (χ4v) is 3.87. The number of hydrogen-bond donors (Lipinski definition) is 2. The van der Waals surface area contributed by atoms with Crippen LogP contribution in [0.3, 0.4) is 0 Å². The maximum Gasteiger partial charge on any atom is 0.0342 e. The second-order valence-electron chi connectivity index (χ2n) is 7.54. The molecule has 148 valence electrons. The van der Waals surface area contributed by atoms with Crippen LogP contribution in [-0.4, -0.2) is 12.1 Å².